The lowest BCUT2D eigenvalue weighted by Gasteiger charge is -2.34. The van der Waals surface area contributed by atoms with Gasteiger partial charge in [0.25, 0.3) is 0 Å². The van der Waals surface area contributed by atoms with Gasteiger partial charge in [-0.2, -0.15) is 0 Å². The molecular weight excluding hydrogens is 312 g/mol. The zero-order chi connectivity index (χ0) is 18.1. The van der Waals surface area contributed by atoms with Crippen LogP contribution in [0.2, 0.25) is 0 Å². The molecule has 0 radical (unpaired) electrons. The molecule has 0 aromatic heterocycles. The minimum Gasteiger partial charge on any atom is -0.354 e. The van der Waals surface area contributed by atoms with Gasteiger partial charge < -0.3 is 10.2 Å². The molecule has 1 aliphatic heterocycles. The third-order valence-electron chi connectivity index (χ3n) is 5.14. The second kappa shape index (κ2) is 10.2. The lowest BCUT2D eigenvalue weighted by atomic mass is 9.98. The molecule has 4 nitrogen and oxygen atoms in total. The van der Waals surface area contributed by atoms with Gasteiger partial charge >= 0.3 is 0 Å². The fraction of sp³-hybridized carbons (Fsp3) is 0.619. The van der Waals surface area contributed by atoms with Crippen LogP contribution in [0.25, 0.3) is 0 Å². The molecular formula is C21H32N2O2. The molecule has 2 unspecified atom stereocenters. The number of benzene rings is 1. The normalized spacial score (nSPS) is 17.2. The predicted molar refractivity (Wildman–Crippen MR) is 101 cm³/mol. The molecule has 2 atom stereocenters. The number of hydrogen-bond acceptors (Lipinski definition) is 2. The molecule has 4 heteroatoms. The highest BCUT2D eigenvalue weighted by Crippen LogP contribution is 2.26. The highest BCUT2D eigenvalue weighted by molar-refractivity contribution is 5.89. The zero-order valence-corrected chi connectivity index (χ0v) is 15.7. The van der Waals surface area contributed by atoms with E-state index in [9.17, 15) is 9.59 Å². The van der Waals surface area contributed by atoms with Crippen molar-refractivity contribution in [3.8, 4) is 0 Å². The zero-order valence-electron chi connectivity index (χ0n) is 15.7. The van der Waals surface area contributed by atoms with Crippen molar-refractivity contribution >= 4 is 11.8 Å². The number of piperidine rings is 1. The van der Waals surface area contributed by atoms with Gasteiger partial charge in [-0.15, -0.1) is 0 Å². The first-order valence-corrected chi connectivity index (χ1v) is 9.79. The first-order valence-electron chi connectivity index (χ1n) is 9.79. The molecule has 1 fully saturated rings. The summed E-state index contributed by atoms with van der Waals surface area (Å²) in [5.74, 6) is 0.557. The monoisotopic (exact) mass is 344 g/mol. The molecule has 1 aromatic rings. The molecule has 1 aliphatic rings. The second-order valence-corrected chi connectivity index (χ2v) is 7.02. The van der Waals surface area contributed by atoms with Gasteiger partial charge in [-0.1, -0.05) is 63.4 Å². The van der Waals surface area contributed by atoms with E-state index in [1.54, 1.807) is 4.90 Å². The van der Waals surface area contributed by atoms with E-state index in [1.165, 1.54) is 12.8 Å². The fourth-order valence-corrected chi connectivity index (χ4v) is 3.49. The second-order valence-electron chi connectivity index (χ2n) is 7.02. The summed E-state index contributed by atoms with van der Waals surface area (Å²) in [6.45, 7) is 5.73. The maximum atomic E-state index is 13.0. The number of nitrogens with zero attached hydrogens (tertiary/aromatic N) is 1. The standard InChI is InChI=1S/C21H32N2O2/c1-3-5-11-17(4-2)16-22-21(25)20(18-12-7-6-8-13-18)23-15-10-9-14-19(23)24/h6-8,12-13,17,20H,3-5,9-11,14-16H2,1-2H3,(H,22,25). The summed E-state index contributed by atoms with van der Waals surface area (Å²) in [4.78, 5) is 27.1. The SMILES string of the molecule is CCCCC(CC)CNC(=O)C(c1ccccc1)N1CCCCC1=O. The number of rotatable bonds is 9. The summed E-state index contributed by atoms with van der Waals surface area (Å²) in [5, 5.41) is 3.13. The van der Waals surface area contributed by atoms with Crippen LogP contribution in [0.1, 0.15) is 70.4 Å². The fourth-order valence-electron chi connectivity index (χ4n) is 3.49. The molecule has 1 aromatic carbocycles. The molecule has 0 saturated carbocycles. The molecule has 1 saturated heterocycles. The van der Waals surface area contributed by atoms with Crippen LogP contribution >= 0.6 is 0 Å². The van der Waals surface area contributed by atoms with Crippen molar-refractivity contribution in [3.05, 3.63) is 35.9 Å². The van der Waals surface area contributed by atoms with Crippen molar-refractivity contribution in [2.24, 2.45) is 5.92 Å². The Kier molecular flexibility index (Phi) is 7.96. The van der Waals surface area contributed by atoms with E-state index >= 15 is 0 Å². The van der Waals surface area contributed by atoms with Gasteiger partial charge in [-0.3, -0.25) is 9.59 Å². The van der Waals surface area contributed by atoms with Crippen LogP contribution in [0, 0.1) is 5.92 Å². The van der Waals surface area contributed by atoms with Crippen LogP contribution in [-0.2, 0) is 9.59 Å². The highest BCUT2D eigenvalue weighted by Gasteiger charge is 2.32. The van der Waals surface area contributed by atoms with Crippen LogP contribution in [0.5, 0.6) is 0 Å². The maximum absolute atomic E-state index is 13.0. The van der Waals surface area contributed by atoms with E-state index in [0.717, 1.165) is 31.2 Å². The largest absolute Gasteiger partial charge is 0.354 e. The van der Waals surface area contributed by atoms with E-state index in [-0.39, 0.29) is 11.8 Å². The van der Waals surface area contributed by atoms with E-state index in [0.29, 0.717) is 25.4 Å². The summed E-state index contributed by atoms with van der Waals surface area (Å²) in [5.41, 5.74) is 0.900. The van der Waals surface area contributed by atoms with E-state index in [2.05, 4.69) is 19.2 Å². The van der Waals surface area contributed by atoms with Crippen molar-refractivity contribution in [3.63, 3.8) is 0 Å². The van der Waals surface area contributed by atoms with Crippen molar-refractivity contribution < 1.29 is 9.59 Å². The number of likely N-dealkylation sites (tertiary alicyclic amines) is 1. The molecule has 0 bridgehead atoms. The maximum Gasteiger partial charge on any atom is 0.247 e. The molecule has 1 N–H and O–H groups in total. The molecule has 0 aliphatic carbocycles. The summed E-state index contributed by atoms with van der Waals surface area (Å²) >= 11 is 0. The molecule has 0 spiro atoms. The average molecular weight is 344 g/mol. The number of unbranched alkanes of at least 4 members (excludes halogenated alkanes) is 1. The Morgan fingerprint density at radius 3 is 2.60 bits per heavy atom. The van der Waals surface area contributed by atoms with Crippen LogP contribution in [0.15, 0.2) is 30.3 Å². The Bertz CT molecular complexity index is 544. The first-order chi connectivity index (χ1) is 12.2. The minimum absolute atomic E-state index is 0.0450. The van der Waals surface area contributed by atoms with Gasteiger partial charge in [0.15, 0.2) is 0 Å². The smallest absolute Gasteiger partial charge is 0.247 e. The summed E-state index contributed by atoms with van der Waals surface area (Å²) in [6, 6.07) is 9.19. The molecule has 2 rings (SSSR count). The molecule has 2 amide bonds. The lowest BCUT2D eigenvalue weighted by molar-refractivity contribution is -0.142. The summed E-state index contributed by atoms with van der Waals surface area (Å²) < 4.78 is 0. The Morgan fingerprint density at radius 2 is 1.96 bits per heavy atom. The average Bonchev–Trinajstić information content (AvgIpc) is 2.64. The number of nitrogens with one attached hydrogen (secondary N) is 1. The summed E-state index contributed by atoms with van der Waals surface area (Å²) in [7, 11) is 0. The number of carbonyl (C=O) groups is 2. The lowest BCUT2D eigenvalue weighted by Crippen LogP contribution is -2.46. The summed E-state index contributed by atoms with van der Waals surface area (Å²) in [6.07, 6.45) is 7.03. The van der Waals surface area contributed by atoms with Crippen LogP contribution in [0.4, 0.5) is 0 Å². The number of amides is 2. The van der Waals surface area contributed by atoms with Gasteiger partial charge in [0.05, 0.1) is 0 Å². The molecule has 25 heavy (non-hydrogen) atoms. The highest BCUT2D eigenvalue weighted by atomic mass is 16.2. The van der Waals surface area contributed by atoms with Crippen molar-refractivity contribution in [1.82, 2.24) is 10.2 Å². The van der Waals surface area contributed by atoms with Gasteiger partial charge in [-0.25, -0.2) is 0 Å². The number of carbonyl (C=O) groups excluding carboxylic acids is 2. The van der Waals surface area contributed by atoms with E-state index in [1.807, 2.05) is 30.3 Å². The Morgan fingerprint density at radius 1 is 1.20 bits per heavy atom. The van der Waals surface area contributed by atoms with Gasteiger partial charge in [0.1, 0.15) is 6.04 Å². The van der Waals surface area contributed by atoms with E-state index in [4.69, 9.17) is 0 Å². The quantitative estimate of drug-likeness (QED) is 0.734. The third kappa shape index (κ3) is 5.58. The minimum atomic E-state index is -0.502. The topological polar surface area (TPSA) is 49.4 Å². The predicted octanol–water partition coefficient (Wildman–Crippen LogP) is 4.07. The van der Waals surface area contributed by atoms with Gasteiger partial charge in [-0.05, 0) is 30.7 Å². The van der Waals surface area contributed by atoms with Gasteiger partial charge in [0, 0.05) is 19.5 Å². The Balaban J connectivity index is 2.09. The van der Waals surface area contributed by atoms with Crippen molar-refractivity contribution in [2.45, 2.75) is 64.8 Å². The Hall–Kier alpha value is -1.84. The molecule has 138 valence electrons. The van der Waals surface area contributed by atoms with Gasteiger partial charge in [0.2, 0.25) is 11.8 Å². The van der Waals surface area contributed by atoms with Crippen LogP contribution in [0.3, 0.4) is 0 Å². The van der Waals surface area contributed by atoms with E-state index < -0.39 is 6.04 Å². The van der Waals surface area contributed by atoms with Crippen LogP contribution < -0.4 is 5.32 Å². The van der Waals surface area contributed by atoms with Crippen molar-refractivity contribution in [2.75, 3.05) is 13.1 Å². The Labute approximate surface area is 152 Å². The third-order valence-corrected chi connectivity index (χ3v) is 5.14. The van der Waals surface area contributed by atoms with Crippen LogP contribution in [-0.4, -0.2) is 29.8 Å². The van der Waals surface area contributed by atoms with Crippen molar-refractivity contribution in [1.29, 1.82) is 0 Å². The molecule has 1 heterocycles. The number of hydrogen-bond donors (Lipinski definition) is 1. The first kappa shape index (κ1) is 19.5.